The largest absolute Gasteiger partial charge is 0.375 e. The molecule has 84 valence electrons. The fraction of sp³-hybridized carbons (Fsp3) is 0.900. The van der Waals surface area contributed by atoms with Crippen molar-refractivity contribution in [2.75, 3.05) is 46.9 Å². The summed E-state index contributed by atoms with van der Waals surface area (Å²) >= 11 is 0. The maximum absolute atomic E-state index is 11.3. The van der Waals surface area contributed by atoms with Crippen LogP contribution in [0.25, 0.3) is 0 Å². The van der Waals surface area contributed by atoms with E-state index in [1.807, 2.05) is 7.05 Å². The summed E-state index contributed by atoms with van der Waals surface area (Å²) in [6, 6.07) is 0. The number of carbonyl (C=O) groups is 1. The van der Waals surface area contributed by atoms with Crippen LogP contribution in [-0.4, -0.2) is 62.7 Å². The van der Waals surface area contributed by atoms with E-state index < -0.39 is 0 Å². The van der Waals surface area contributed by atoms with Gasteiger partial charge in [-0.05, 0) is 13.1 Å². The quantitative estimate of drug-likeness (QED) is 0.600. The maximum Gasteiger partial charge on any atom is 0.248 e. The third-order valence-corrected chi connectivity index (χ3v) is 2.34. The summed E-state index contributed by atoms with van der Waals surface area (Å²) < 4.78 is 4.78. The van der Waals surface area contributed by atoms with Gasteiger partial charge in [0.05, 0.1) is 0 Å². The van der Waals surface area contributed by atoms with Crippen molar-refractivity contribution in [1.29, 1.82) is 0 Å². The molecule has 0 fully saturated rings. The Labute approximate surface area is 86.8 Å². The van der Waals surface area contributed by atoms with Crippen LogP contribution in [-0.2, 0) is 9.53 Å². The van der Waals surface area contributed by atoms with E-state index in [1.54, 1.807) is 4.90 Å². The minimum Gasteiger partial charge on any atom is -0.375 e. The minimum absolute atomic E-state index is 0.0413. The van der Waals surface area contributed by atoms with Crippen molar-refractivity contribution in [2.45, 2.75) is 13.8 Å². The summed E-state index contributed by atoms with van der Waals surface area (Å²) in [4.78, 5) is 15.3. The zero-order valence-electron chi connectivity index (χ0n) is 9.75. The predicted molar refractivity (Wildman–Crippen MR) is 57.3 cm³/mol. The Morgan fingerprint density at radius 2 is 1.79 bits per heavy atom. The second-order valence-corrected chi connectivity index (χ2v) is 3.28. The van der Waals surface area contributed by atoms with E-state index in [1.165, 1.54) is 7.11 Å². The first-order chi connectivity index (χ1) is 6.65. The number of nitrogens with zero attached hydrogens (tertiary/aromatic N) is 2. The number of methoxy groups -OCH3 is 1. The lowest BCUT2D eigenvalue weighted by Crippen LogP contribution is -2.37. The van der Waals surface area contributed by atoms with Crippen LogP contribution in [0.1, 0.15) is 13.8 Å². The number of amides is 1. The molecular weight excluding hydrogens is 180 g/mol. The van der Waals surface area contributed by atoms with Gasteiger partial charge in [-0.15, -0.1) is 0 Å². The lowest BCUT2D eigenvalue weighted by Gasteiger charge is -2.22. The molecule has 0 saturated carbocycles. The molecule has 0 atom stereocenters. The molecule has 0 aliphatic rings. The second-order valence-electron chi connectivity index (χ2n) is 3.28. The first-order valence-corrected chi connectivity index (χ1v) is 5.10. The summed E-state index contributed by atoms with van der Waals surface area (Å²) in [6.45, 7) is 8.18. The minimum atomic E-state index is 0.0413. The fourth-order valence-electron chi connectivity index (χ4n) is 1.19. The Balaban J connectivity index is 3.71. The molecule has 0 spiro atoms. The van der Waals surface area contributed by atoms with Gasteiger partial charge in [0.25, 0.3) is 0 Å². The molecule has 14 heavy (non-hydrogen) atoms. The van der Waals surface area contributed by atoms with E-state index >= 15 is 0 Å². The molecule has 0 aromatic rings. The van der Waals surface area contributed by atoms with Crippen molar-refractivity contribution in [2.24, 2.45) is 0 Å². The Morgan fingerprint density at radius 3 is 2.21 bits per heavy atom. The average Bonchev–Trinajstić information content (AvgIpc) is 2.19. The average molecular weight is 202 g/mol. The van der Waals surface area contributed by atoms with Crippen LogP contribution in [0, 0.1) is 0 Å². The van der Waals surface area contributed by atoms with Gasteiger partial charge >= 0.3 is 0 Å². The molecule has 0 bridgehead atoms. The highest BCUT2D eigenvalue weighted by Gasteiger charge is 2.08. The SMILES string of the molecule is CCN(CC)CCN(C)C(=O)COC. The first kappa shape index (κ1) is 13.4. The van der Waals surface area contributed by atoms with Gasteiger partial charge in [0.15, 0.2) is 0 Å². The third-order valence-electron chi connectivity index (χ3n) is 2.34. The smallest absolute Gasteiger partial charge is 0.248 e. The highest BCUT2D eigenvalue weighted by atomic mass is 16.5. The normalized spacial score (nSPS) is 10.6. The molecule has 0 unspecified atom stereocenters. The van der Waals surface area contributed by atoms with Crippen LogP contribution in [0.4, 0.5) is 0 Å². The molecule has 0 aromatic heterocycles. The van der Waals surface area contributed by atoms with Crippen LogP contribution < -0.4 is 0 Å². The van der Waals surface area contributed by atoms with E-state index in [9.17, 15) is 4.79 Å². The van der Waals surface area contributed by atoms with Gasteiger partial charge in [-0.2, -0.15) is 0 Å². The van der Waals surface area contributed by atoms with Crippen LogP contribution in [0.5, 0.6) is 0 Å². The molecule has 0 radical (unpaired) electrons. The van der Waals surface area contributed by atoms with Gasteiger partial charge in [-0.3, -0.25) is 4.79 Å². The molecule has 0 aliphatic carbocycles. The van der Waals surface area contributed by atoms with Gasteiger partial charge in [0.2, 0.25) is 5.91 Å². The Kier molecular flexibility index (Phi) is 7.42. The van der Waals surface area contributed by atoms with E-state index in [0.29, 0.717) is 0 Å². The summed E-state index contributed by atoms with van der Waals surface area (Å²) in [7, 11) is 3.35. The second kappa shape index (κ2) is 7.76. The van der Waals surface area contributed by atoms with Gasteiger partial charge < -0.3 is 14.5 Å². The van der Waals surface area contributed by atoms with Crippen molar-refractivity contribution in [3.63, 3.8) is 0 Å². The van der Waals surface area contributed by atoms with Crippen molar-refractivity contribution in [3.8, 4) is 0 Å². The van der Waals surface area contributed by atoms with E-state index in [-0.39, 0.29) is 12.5 Å². The number of rotatable bonds is 7. The number of hydrogen-bond acceptors (Lipinski definition) is 3. The Morgan fingerprint density at radius 1 is 1.21 bits per heavy atom. The highest BCUT2D eigenvalue weighted by Crippen LogP contribution is 1.90. The molecule has 4 heteroatoms. The van der Waals surface area contributed by atoms with Gasteiger partial charge in [0, 0.05) is 27.2 Å². The van der Waals surface area contributed by atoms with Crippen molar-refractivity contribution >= 4 is 5.91 Å². The number of hydrogen-bond donors (Lipinski definition) is 0. The molecule has 0 rings (SSSR count). The summed E-state index contributed by atoms with van der Waals surface area (Å²) in [5.74, 6) is 0.0413. The van der Waals surface area contributed by atoms with Crippen LogP contribution >= 0.6 is 0 Å². The number of ether oxygens (including phenoxy) is 1. The van der Waals surface area contributed by atoms with Crippen LogP contribution in [0.2, 0.25) is 0 Å². The fourth-order valence-corrected chi connectivity index (χ4v) is 1.19. The van der Waals surface area contributed by atoms with Crippen molar-refractivity contribution < 1.29 is 9.53 Å². The lowest BCUT2D eigenvalue weighted by molar-refractivity contribution is -0.133. The third kappa shape index (κ3) is 5.19. The highest BCUT2D eigenvalue weighted by molar-refractivity contribution is 5.77. The molecule has 0 aromatic carbocycles. The zero-order chi connectivity index (χ0) is 11.0. The number of carbonyl (C=O) groups excluding carboxylic acids is 1. The Hall–Kier alpha value is -0.610. The van der Waals surface area contributed by atoms with Crippen LogP contribution in [0.15, 0.2) is 0 Å². The van der Waals surface area contributed by atoms with E-state index in [0.717, 1.165) is 26.2 Å². The molecular formula is C10H22N2O2. The molecule has 4 nitrogen and oxygen atoms in total. The van der Waals surface area contributed by atoms with Crippen LogP contribution in [0.3, 0.4) is 0 Å². The Bertz CT molecular complexity index is 158. The van der Waals surface area contributed by atoms with E-state index in [2.05, 4.69) is 18.7 Å². The first-order valence-electron chi connectivity index (χ1n) is 5.10. The maximum atomic E-state index is 11.3. The standard InChI is InChI=1S/C10H22N2O2/c1-5-12(6-2)8-7-11(3)10(13)9-14-4/h5-9H2,1-4H3. The summed E-state index contributed by atoms with van der Waals surface area (Å²) in [6.07, 6.45) is 0. The monoisotopic (exact) mass is 202 g/mol. The molecule has 0 saturated heterocycles. The molecule has 0 aliphatic heterocycles. The number of likely N-dealkylation sites (N-methyl/N-ethyl adjacent to an activating group) is 2. The topological polar surface area (TPSA) is 32.8 Å². The molecule has 0 heterocycles. The predicted octanol–water partition coefficient (Wildman–Crippen LogP) is 0.433. The molecule has 0 N–H and O–H groups in total. The van der Waals surface area contributed by atoms with Gasteiger partial charge in [-0.25, -0.2) is 0 Å². The van der Waals surface area contributed by atoms with Crippen molar-refractivity contribution in [3.05, 3.63) is 0 Å². The summed E-state index contributed by atoms with van der Waals surface area (Å²) in [5, 5.41) is 0. The molecule has 1 amide bonds. The van der Waals surface area contributed by atoms with E-state index in [4.69, 9.17) is 4.74 Å². The zero-order valence-corrected chi connectivity index (χ0v) is 9.75. The van der Waals surface area contributed by atoms with Gasteiger partial charge in [0.1, 0.15) is 6.61 Å². The lowest BCUT2D eigenvalue weighted by atomic mass is 10.4. The van der Waals surface area contributed by atoms with Crippen molar-refractivity contribution in [1.82, 2.24) is 9.80 Å². The van der Waals surface area contributed by atoms with Gasteiger partial charge in [-0.1, -0.05) is 13.8 Å². The summed E-state index contributed by atoms with van der Waals surface area (Å²) in [5.41, 5.74) is 0.